The molecular formula is C17H25NO. The molecule has 0 radical (unpaired) electrons. The first kappa shape index (κ1) is 14.1. The highest BCUT2D eigenvalue weighted by atomic mass is 16.5. The van der Waals surface area contributed by atoms with Gasteiger partial charge in [0.25, 0.3) is 0 Å². The van der Waals surface area contributed by atoms with Crippen molar-refractivity contribution in [1.82, 2.24) is 5.32 Å². The predicted octanol–water partition coefficient (Wildman–Crippen LogP) is 3.60. The fraction of sp³-hybridized carbons (Fsp3) is 0.529. The van der Waals surface area contributed by atoms with Crippen molar-refractivity contribution in [2.75, 3.05) is 13.2 Å². The summed E-state index contributed by atoms with van der Waals surface area (Å²) in [5.74, 6) is 1.15. The predicted molar refractivity (Wildman–Crippen MR) is 80.2 cm³/mol. The molecule has 2 heteroatoms. The average Bonchev–Trinajstić information content (AvgIpc) is 2.94. The lowest BCUT2D eigenvalue weighted by Crippen LogP contribution is -2.32. The lowest BCUT2D eigenvalue weighted by atomic mass is 10.00. The van der Waals surface area contributed by atoms with Gasteiger partial charge in [0.15, 0.2) is 0 Å². The summed E-state index contributed by atoms with van der Waals surface area (Å²) in [6.07, 6.45) is 6.68. The van der Waals surface area contributed by atoms with E-state index in [0.29, 0.717) is 6.04 Å². The van der Waals surface area contributed by atoms with Gasteiger partial charge in [-0.1, -0.05) is 31.2 Å². The van der Waals surface area contributed by atoms with Crippen molar-refractivity contribution in [3.8, 4) is 0 Å². The van der Waals surface area contributed by atoms with E-state index < -0.39 is 0 Å². The van der Waals surface area contributed by atoms with Gasteiger partial charge in [0.2, 0.25) is 0 Å². The monoisotopic (exact) mass is 259 g/mol. The fourth-order valence-electron chi connectivity index (χ4n) is 2.53. The number of rotatable bonds is 7. The summed E-state index contributed by atoms with van der Waals surface area (Å²) >= 11 is 0. The molecule has 104 valence electrons. The molecule has 0 amide bonds. The summed E-state index contributed by atoms with van der Waals surface area (Å²) in [5.41, 5.74) is 2.84. The maximum absolute atomic E-state index is 5.73. The van der Waals surface area contributed by atoms with Crippen LogP contribution in [0.5, 0.6) is 0 Å². The lowest BCUT2D eigenvalue weighted by Gasteiger charge is -2.20. The maximum Gasteiger partial charge on any atom is 0.109 e. The Hall–Kier alpha value is -1.28. The number of aryl methyl sites for hydroxylation is 2. The topological polar surface area (TPSA) is 21.3 Å². The Labute approximate surface area is 116 Å². The first-order chi connectivity index (χ1) is 9.31. The van der Waals surface area contributed by atoms with Crippen LogP contribution in [-0.4, -0.2) is 19.2 Å². The largest absolute Gasteiger partial charge is 0.496 e. The van der Waals surface area contributed by atoms with Crippen molar-refractivity contribution in [2.24, 2.45) is 0 Å². The third kappa shape index (κ3) is 4.10. The molecule has 0 aliphatic carbocycles. The lowest BCUT2D eigenvalue weighted by molar-refractivity contribution is 0.211. The molecule has 0 fully saturated rings. The molecule has 2 rings (SSSR count). The number of benzene rings is 1. The molecule has 1 aromatic carbocycles. The van der Waals surface area contributed by atoms with E-state index in [1.54, 1.807) is 0 Å². The van der Waals surface area contributed by atoms with Crippen molar-refractivity contribution in [2.45, 2.75) is 45.6 Å². The molecule has 1 aromatic rings. The van der Waals surface area contributed by atoms with Crippen molar-refractivity contribution in [1.29, 1.82) is 0 Å². The molecule has 0 saturated heterocycles. The summed E-state index contributed by atoms with van der Waals surface area (Å²) < 4.78 is 5.73. The summed E-state index contributed by atoms with van der Waals surface area (Å²) in [6.45, 7) is 6.30. The van der Waals surface area contributed by atoms with E-state index in [4.69, 9.17) is 4.74 Å². The normalized spacial score (nSPS) is 16.0. The summed E-state index contributed by atoms with van der Waals surface area (Å²) in [7, 11) is 0. The van der Waals surface area contributed by atoms with Crippen LogP contribution in [0.3, 0.4) is 0 Å². The number of hydrogen-bond acceptors (Lipinski definition) is 2. The van der Waals surface area contributed by atoms with E-state index in [1.807, 2.05) is 0 Å². The van der Waals surface area contributed by atoms with Gasteiger partial charge in [-0.25, -0.2) is 0 Å². The molecule has 1 N–H and O–H groups in total. The smallest absolute Gasteiger partial charge is 0.109 e. The first-order valence-electron chi connectivity index (χ1n) is 7.42. The molecule has 1 aliphatic heterocycles. The van der Waals surface area contributed by atoms with Crippen LogP contribution in [0.15, 0.2) is 36.1 Å². The van der Waals surface area contributed by atoms with Crippen LogP contribution in [0.2, 0.25) is 0 Å². The van der Waals surface area contributed by atoms with Crippen LogP contribution in [0.1, 0.15) is 37.3 Å². The van der Waals surface area contributed by atoms with Gasteiger partial charge in [-0.05, 0) is 49.9 Å². The zero-order chi connectivity index (χ0) is 13.5. The highest BCUT2D eigenvalue weighted by molar-refractivity contribution is 5.26. The van der Waals surface area contributed by atoms with Crippen LogP contribution < -0.4 is 5.32 Å². The quantitative estimate of drug-likeness (QED) is 0.808. The molecule has 1 unspecified atom stereocenters. The Morgan fingerprint density at radius 2 is 2.16 bits per heavy atom. The summed E-state index contributed by atoms with van der Waals surface area (Å²) in [4.78, 5) is 0. The van der Waals surface area contributed by atoms with Crippen molar-refractivity contribution < 1.29 is 4.74 Å². The first-order valence-corrected chi connectivity index (χ1v) is 7.42. The van der Waals surface area contributed by atoms with Gasteiger partial charge in [-0.3, -0.25) is 0 Å². The van der Waals surface area contributed by atoms with E-state index in [9.17, 15) is 0 Å². The average molecular weight is 259 g/mol. The second kappa shape index (κ2) is 7.34. The van der Waals surface area contributed by atoms with Crippen LogP contribution in [-0.2, 0) is 11.2 Å². The maximum atomic E-state index is 5.73. The van der Waals surface area contributed by atoms with Gasteiger partial charge in [0, 0.05) is 6.42 Å². The Morgan fingerprint density at radius 3 is 2.84 bits per heavy atom. The highest BCUT2D eigenvalue weighted by Crippen LogP contribution is 2.19. The van der Waals surface area contributed by atoms with Gasteiger partial charge in [0.05, 0.1) is 12.6 Å². The standard InChI is InChI=1S/C17H25NO/c1-3-12-18-16(17-9-6-13-19-17)11-10-15-8-5-4-7-14(15)2/h4-5,7-9,16,18H,3,6,10-13H2,1-2H3. The SMILES string of the molecule is CCCNC(CCc1ccccc1C)C1=CCCO1. The molecular weight excluding hydrogens is 234 g/mol. The van der Waals surface area contributed by atoms with Gasteiger partial charge < -0.3 is 10.1 Å². The fourth-order valence-corrected chi connectivity index (χ4v) is 2.53. The minimum absolute atomic E-state index is 0.377. The molecule has 0 spiro atoms. The Kier molecular flexibility index (Phi) is 5.46. The Morgan fingerprint density at radius 1 is 1.32 bits per heavy atom. The van der Waals surface area contributed by atoms with E-state index in [1.165, 1.54) is 11.1 Å². The van der Waals surface area contributed by atoms with Gasteiger partial charge in [0.1, 0.15) is 5.76 Å². The van der Waals surface area contributed by atoms with Gasteiger partial charge >= 0.3 is 0 Å². The van der Waals surface area contributed by atoms with E-state index in [2.05, 4.69) is 49.5 Å². The molecule has 1 heterocycles. The van der Waals surface area contributed by atoms with Gasteiger partial charge in [-0.2, -0.15) is 0 Å². The second-order valence-corrected chi connectivity index (χ2v) is 5.22. The van der Waals surface area contributed by atoms with Crippen LogP contribution in [0.25, 0.3) is 0 Å². The number of hydrogen-bond donors (Lipinski definition) is 1. The van der Waals surface area contributed by atoms with Gasteiger partial charge in [-0.15, -0.1) is 0 Å². The van der Waals surface area contributed by atoms with Crippen LogP contribution >= 0.6 is 0 Å². The molecule has 19 heavy (non-hydrogen) atoms. The van der Waals surface area contributed by atoms with Crippen molar-refractivity contribution in [3.05, 3.63) is 47.2 Å². The number of nitrogens with one attached hydrogen (secondary N) is 1. The molecule has 0 bridgehead atoms. The second-order valence-electron chi connectivity index (χ2n) is 5.22. The van der Waals surface area contributed by atoms with Crippen molar-refractivity contribution in [3.63, 3.8) is 0 Å². The minimum Gasteiger partial charge on any atom is -0.496 e. The third-order valence-electron chi connectivity index (χ3n) is 3.68. The van der Waals surface area contributed by atoms with E-state index >= 15 is 0 Å². The van der Waals surface area contributed by atoms with Crippen LogP contribution in [0.4, 0.5) is 0 Å². The molecule has 0 aromatic heterocycles. The zero-order valence-corrected chi connectivity index (χ0v) is 12.1. The van der Waals surface area contributed by atoms with E-state index in [-0.39, 0.29) is 0 Å². The third-order valence-corrected chi connectivity index (χ3v) is 3.68. The molecule has 1 atom stereocenters. The highest BCUT2D eigenvalue weighted by Gasteiger charge is 2.18. The Bertz CT molecular complexity index is 425. The summed E-state index contributed by atoms with van der Waals surface area (Å²) in [6, 6.07) is 9.03. The van der Waals surface area contributed by atoms with E-state index in [0.717, 1.165) is 44.6 Å². The summed E-state index contributed by atoms with van der Waals surface area (Å²) in [5, 5.41) is 3.61. The minimum atomic E-state index is 0.377. The van der Waals surface area contributed by atoms with Crippen molar-refractivity contribution >= 4 is 0 Å². The molecule has 0 saturated carbocycles. The van der Waals surface area contributed by atoms with Crippen LogP contribution in [0, 0.1) is 6.92 Å². The Balaban J connectivity index is 1.94. The molecule has 1 aliphatic rings. The number of ether oxygens (including phenoxy) is 1. The zero-order valence-electron chi connectivity index (χ0n) is 12.1. The molecule has 2 nitrogen and oxygen atoms in total.